The van der Waals surface area contributed by atoms with E-state index in [0.717, 1.165) is 66.8 Å². The van der Waals surface area contributed by atoms with E-state index in [9.17, 15) is 4.79 Å². The highest BCUT2D eigenvalue weighted by Gasteiger charge is 2.42. The van der Waals surface area contributed by atoms with E-state index in [1.165, 1.54) is 15.3 Å². The van der Waals surface area contributed by atoms with Gasteiger partial charge < -0.3 is 15.6 Å². The number of rotatable bonds is 5. The number of anilines is 1. The van der Waals surface area contributed by atoms with Gasteiger partial charge in [-0.1, -0.05) is 25.0 Å². The first-order valence-corrected chi connectivity index (χ1v) is 14.5. The van der Waals surface area contributed by atoms with Gasteiger partial charge in [0.15, 0.2) is 0 Å². The number of nitrogens with one attached hydrogen (secondary N) is 5. The summed E-state index contributed by atoms with van der Waals surface area (Å²) < 4.78 is 0. The van der Waals surface area contributed by atoms with Crippen molar-refractivity contribution in [1.29, 1.82) is 0 Å². The van der Waals surface area contributed by atoms with E-state index in [0.29, 0.717) is 12.0 Å². The first-order valence-electron chi connectivity index (χ1n) is 13.7. The van der Waals surface area contributed by atoms with Crippen LogP contribution in [0.25, 0.3) is 21.5 Å². The van der Waals surface area contributed by atoms with Crippen molar-refractivity contribution >= 4 is 34.0 Å². The molecule has 3 fully saturated rings. The second-order valence-electron chi connectivity index (χ2n) is 10.9. The summed E-state index contributed by atoms with van der Waals surface area (Å²) in [7, 11) is 0. The zero-order valence-corrected chi connectivity index (χ0v) is 22.3. The molecule has 5 heterocycles. The number of hydrazine groups is 1. The number of para-hydroxylation sites is 1. The van der Waals surface area contributed by atoms with Gasteiger partial charge in [-0.05, 0) is 56.0 Å². The minimum atomic E-state index is 0.0770. The Balaban J connectivity index is 1.11. The van der Waals surface area contributed by atoms with E-state index in [4.69, 9.17) is 4.98 Å². The molecule has 3 aromatic heterocycles. The molecule has 2 saturated heterocycles. The maximum absolute atomic E-state index is 12.7. The first-order chi connectivity index (χ1) is 18.6. The largest absolute Gasteiger partial charge is 0.341 e. The molecular formula is C29H33N7OS. The lowest BCUT2D eigenvalue weighted by Gasteiger charge is -2.34. The Kier molecular flexibility index (Phi) is 6.24. The number of thiophene rings is 1. The van der Waals surface area contributed by atoms with Gasteiger partial charge in [0.25, 0.3) is 0 Å². The lowest BCUT2D eigenvalue weighted by atomic mass is 9.82. The van der Waals surface area contributed by atoms with Gasteiger partial charge in [0.05, 0.1) is 29.0 Å². The van der Waals surface area contributed by atoms with Crippen LogP contribution in [0.5, 0.6) is 0 Å². The van der Waals surface area contributed by atoms with Gasteiger partial charge in [-0.3, -0.25) is 15.2 Å². The van der Waals surface area contributed by atoms with Gasteiger partial charge in [-0.25, -0.2) is 10.4 Å². The highest BCUT2D eigenvalue weighted by atomic mass is 32.1. The van der Waals surface area contributed by atoms with Crippen LogP contribution in [0.4, 0.5) is 5.69 Å². The molecule has 2 aliphatic heterocycles. The van der Waals surface area contributed by atoms with Crippen LogP contribution < -0.4 is 21.5 Å². The summed E-state index contributed by atoms with van der Waals surface area (Å²) in [5.74, 6) is 1.59. The SMILES string of the molecule is Cc1ccc(-c2cccc3[nH]c(C4NNC5CNC(c6cncc(NC(=O)C7CCCC7)c6)CC54)nc23)s1. The Labute approximate surface area is 226 Å². The molecule has 9 heteroatoms. The Hall–Kier alpha value is -3.11. The fourth-order valence-electron chi connectivity index (χ4n) is 6.42. The van der Waals surface area contributed by atoms with Gasteiger partial charge in [0.2, 0.25) is 5.91 Å². The number of benzene rings is 1. The van der Waals surface area contributed by atoms with Gasteiger partial charge in [0.1, 0.15) is 5.82 Å². The van der Waals surface area contributed by atoms with Crippen molar-refractivity contribution in [2.45, 2.75) is 57.2 Å². The van der Waals surface area contributed by atoms with E-state index in [1.54, 1.807) is 17.5 Å². The molecule has 38 heavy (non-hydrogen) atoms. The van der Waals surface area contributed by atoms with Crippen LogP contribution in [0.15, 0.2) is 48.8 Å². The molecule has 1 amide bonds. The number of amides is 1. The summed E-state index contributed by atoms with van der Waals surface area (Å²) in [6.07, 6.45) is 8.89. The number of pyridine rings is 1. The number of imidazole rings is 1. The smallest absolute Gasteiger partial charge is 0.227 e. The van der Waals surface area contributed by atoms with Crippen molar-refractivity contribution in [3.63, 3.8) is 0 Å². The first kappa shape index (κ1) is 24.0. The topological polar surface area (TPSA) is 107 Å². The van der Waals surface area contributed by atoms with Crippen molar-refractivity contribution in [1.82, 2.24) is 31.1 Å². The number of hydrogen-bond donors (Lipinski definition) is 5. The second kappa shape index (κ2) is 9.89. The summed E-state index contributed by atoms with van der Waals surface area (Å²) in [4.78, 5) is 28.4. The quantitative estimate of drug-likeness (QED) is 0.250. The number of hydrogen-bond acceptors (Lipinski definition) is 7. The molecule has 1 aliphatic carbocycles. The number of carbonyl (C=O) groups excluding carboxylic acids is 1. The number of piperidine rings is 1. The fourth-order valence-corrected chi connectivity index (χ4v) is 7.32. The second-order valence-corrected chi connectivity index (χ2v) is 12.2. The van der Waals surface area contributed by atoms with Crippen LogP contribution in [0, 0.1) is 18.8 Å². The molecule has 0 bridgehead atoms. The number of H-pyrrole nitrogens is 1. The van der Waals surface area contributed by atoms with Crippen LogP contribution in [-0.2, 0) is 4.79 Å². The molecule has 3 aliphatic rings. The van der Waals surface area contributed by atoms with E-state index in [2.05, 4.69) is 74.8 Å². The highest BCUT2D eigenvalue weighted by molar-refractivity contribution is 7.15. The molecule has 4 unspecified atom stereocenters. The van der Waals surface area contributed by atoms with Gasteiger partial charge in [0, 0.05) is 52.0 Å². The molecule has 0 spiro atoms. The Morgan fingerprint density at radius 3 is 2.84 bits per heavy atom. The Morgan fingerprint density at radius 2 is 2.00 bits per heavy atom. The zero-order valence-electron chi connectivity index (χ0n) is 21.5. The van der Waals surface area contributed by atoms with Crippen LogP contribution in [-0.4, -0.2) is 33.4 Å². The fraction of sp³-hybridized carbons (Fsp3) is 0.414. The molecule has 7 rings (SSSR count). The molecule has 196 valence electrons. The van der Waals surface area contributed by atoms with Crippen LogP contribution in [0.2, 0.25) is 0 Å². The summed E-state index contributed by atoms with van der Waals surface area (Å²) >= 11 is 1.80. The maximum Gasteiger partial charge on any atom is 0.227 e. The van der Waals surface area contributed by atoms with Crippen molar-refractivity contribution < 1.29 is 4.79 Å². The molecule has 4 atom stereocenters. The summed E-state index contributed by atoms with van der Waals surface area (Å²) in [6.45, 7) is 2.98. The predicted octanol–water partition coefficient (Wildman–Crippen LogP) is 4.99. The molecule has 1 saturated carbocycles. The summed E-state index contributed by atoms with van der Waals surface area (Å²) in [6, 6.07) is 13.3. The van der Waals surface area contributed by atoms with Crippen LogP contribution >= 0.6 is 11.3 Å². The molecule has 8 nitrogen and oxygen atoms in total. The average Bonchev–Trinajstić information content (AvgIpc) is 3.74. The van der Waals surface area contributed by atoms with E-state index in [1.807, 2.05) is 6.20 Å². The third kappa shape index (κ3) is 4.43. The Bertz CT molecular complexity index is 1470. The van der Waals surface area contributed by atoms with Gasteiger partial charge in [-0.15, -0.1) is 11.3 Å². The van der Waals surface area contributed by atoms with Crippen molar-refractivity contribution in [2.24, 2.45) is 11.8 Å². The van der Waals surface area contributed by atoms with E-state index >= 15 is 0 Å². The van der Waals surface area contributed by atoms with Gasteiger partial charge in [-0.2, -0.15) is 0 Å². The third-order valence-electron chi connectivity index (χ3n) is 8.45. The number of fused-ring (bicyclic) bond motifs is 2. The van der Waals surface area contributed by atoms with Crippen LogP contribution in [0.1, 0.15) is 60.5 Å². The average molecular weight is 528 g/mol. The van der Waals surface area contributed by atoms with Crippen molar-refractivity contribution in [2.75, 3.05) is 11.9 Å². The standard InChI is InChI=1S/C29H33N7OS/c1-16-9-10-25(38-16)20-7-4-8-22-26(20)34-28(33-22)27-21-12-23(31-15-24(21)35-36-27)18-11-19(14-30-13-18)32-29(37)17-5-2-3-6-17/h4,7-11,13-14,17,21,23-24,27,31,35-36H,2-3,5-6,12,15H2,1H3,(H,32,37)(H,33,34). The lowest BCUT2D eigenvalue weighted by Crippen LogP contribution is -2.46. The maximum atomic E-state index is 12.7. The number of aromatic nitrogens is 3. The number of aromatic amines is 1. The molecule has 4 aromatic rings. The predicted molar refractivity (Wildman–Crippen MR) is 151 cm³/mol. The molecular weight excluding hydrogens is 494 g/mol. The van der Waals surface area contributed by atoms with Crippen LogP contribution in [0.3, 0.4) is 0 Å². The minimum Gasteiger partial charge on any atom is -0.341 e. The van der Waals surface area contributed by atoms with Crippen molar-refractivity contribution in [3.05, 3.63) is 65.1 Å². The van der Waals surface area contributed by atoms with Gasteiger partial charge >= 0.3 is 0 Å². The van der Waals surface area contributed by atoms with E-state index in [-0.39, 0.29) is 23.9 Å². The number of nitrogens with zero attached hydrogens (tertiary/aromatic N) is 2. The lowest BCUT2D eigenvalue weighted by molar-refractivity contribution is -0.119. The zero-order chi connectivity index (χ0) is 25.6. The third-order valence-corrected chi connectivity index (χ3v) is 9.48. The molecule has 0 radical (unpaired) electrons. The monoisotopic (exact) mass is 527 g/mol. The Morgan fingerprint density at radius 1 is 1.11 bits per heavy atom. The molecule has 1 aromatic carbocycles. The van der Waals surface area contributed by atoms with Crippen molar-refractivity contribution in [3.8, 4) is 10.4 Å². The summed E-state index contributed by atoms with van der Waals surface area (Å²) in [5, 5.41) is 6.80. The number of carbonyl (C=O) groups is 1. The summed E-state index contributed by atoms with van der Waals surface area (Å²) in [5.41, 5.74) is 12.2. The van der Waals surface area contributed by atoms with E-state index < -0.39 is 0 Å². The minimum absolute atomic E-state index is 0.0770. The normalized spacial score (nSPS) is 25.6. The molecule has 5 N–H and O–H groups in total. The highest BCUT2D eigenvalue weighted by Crippen LogP contribution is 2.40. The number of aryl methyl sites for hydroxylation is 1.